The summed E-state index contributed by atoms with van der Waals surface area (Å²) in [4.78, 5) is 41.1. The van der Waals surface area contributed by atoms with Gasteiger partial charge in [-0.1, -0.05) is 17.7 Å². The van der Waals surface area contributed by atoms with E-state index in [2.05, 4.69) is 0 Å². The van der Waals surface area contributed by atoms with Gasteiger partial charge in [0.15, 0.2) is 0 Å². The molecule has 0 aromatic heterocycles. The fourth-order valence-electron chi connectivity index (χ4n) is 4.11. The van der Waals surface area contributed by atoms with Crippen LogP contribution in [-0.2, 0) is 9.59 Å². The minimum Gasteiger partial charge on any atom is -0.339 e. The Balaban J connectivity index is 1.53. The molecule has 136 valence electrons. The van der Waals surface area contributed by atoms with Crippen LogP contribution in [0.3, 0.4) is 0 Å². The number of rotatable bonds is 2. The zero-order valence-electron chi connectivity index (χ0n) is 14.5. The molecule has 0 bridgehead atoms. The van der Waals surface area contributed by atoms with Gasteiger partial charge in [0.2, 0.25) is 11.8 Å². The molecule has 2 atom stereocenters. The maximum absolute atomic E-state index is 12.7. The first kappa shape index (κ1) is 17.3. The molecular weight excluding hydrogens is 352 g/mol. The van der Waals surface area contributed by atoms with Crippen molar-refractivity contribution < 1.29 is 14.4 Å². The number of benzene rings is 1. The molecule has 0 N–H and O–H groups in total. The minimum absolute atomic E-state index is 0.0139. The number of hydrogen-bond acceptors (Lipinski definition) is 3. The number of piperidine rings is 1. The maximum Gasteiger partial charge on any atom is 0.253 e. The third-order valence-corrected chi connectivity index (χ3v) is 5.89. The van der Waals surface area contributed by atoms with Gasteiger partial charge in [-0.05, 0) is 56.4 Å². The van der Waals surface area contributed by atoms with Crippen molar-refractivity contribution in [1.82, 2.24) is 4.90 Å². The number of imide groups is 1. The van der Waals surface area contributed by atoms with Gasteiger partial charge in [-0.2, -0.15) is 0 Å². The molecule has 3 amide bonds. The number of anilines is 1. The van der Waals surface area contributed by atoms with Gasteiger partial charge in [-0.3, -0.25) is 19.3 Å². The second-order valence-corrected chi connectivity index (χ2v) is 7.70. The third-order valence-electron chi connectivity index (χ3n) is 5.58. The number of allylic oxidation sites excluding steroid dienone is 2. The van der Waals surface area contributed by atoms with Gasteiger partial charge >= 0.3 is 0 Å². The third kappa shape index (κ3) is 2.94. The lowest BCUT2D eigenvalue weighted by Gasteiger charge is -2.26. The molecule has 2 aliphatic heterocycles. The summed E-state index contributed by atoms with van der Waals surface area (Å²) < 4.78 is 0. The molecule has 0 unspecified atom stereocenters. The zero-order valence-corrected chi connectivity index (χ0v) is 15.2. The molecule has 0 spiro atoms. The van der Waals surface area contributed by atoms with Gasteiger partial charge < -0.3 is 4.90 Å². The molecule has 1 aromatic rings. The highest BCUT2D eigenvalue weighted by Gasteiger charge is 2.48. The van der Waals surface area contributed by atoms with E-state index in [0.717, 1.165) is 25.9 Å². The normalized spacial score (nSPS) is 26.0. The predicted molar refractivity (Wildman–Crippen MR) is 98.8 cm³/mol. The number of amides is 3. The fraction of sp³-hybridized carbons (Fsp3) is 0.450. The zero-order chi connectivity index (χ0) is 18.3. The summed E-state index contributed by atoms with van der Waals surface area (Å²) in [6.45, 7) is 1.58. The first-order valence-corrected chi connectivity index (χ1v) is 9.56. The van der Waals surface area contributed by atoms with Crippen molar-refractivity contribution >= 4 is 35.0 Å². The average Bonchev–Trinajstić information content (AvgIpc) is 2.92. The van der Waals surface area contributed by atoms with Crippen LogP contribution in [0.2, 0.25) is 0 Å². The number of nitrogens with zero attached hydrogens (tertiary/aromatic N) is 2. The van der Waals surface area contributed by atoms with Crippen LogP contribution in [0.25, 0.3) is 0 Å². The second kappa shape index (κ2) is 6.88. The SMILES string of the molecule is O=C(c1ccc(N2C(=O)[C@H]3CC=C(Cl)C[C@H]3C2=O)cc1)N1CCCCC1. The van der Waals surface area contributed by atoms with Gasteiger partial charge in [-0.25, -0.2) is 0 Å². The summed E-state index contributed by atoms with van der Waals surface area (Å²) in [5, 5.41) is 0.650. The molecule has 2 fully saturated rings. The molecule has 5 nitrogen and oxygen atoms in total. The number of likely N-dealkylation sites (tertiary alicyclic amines) is 1. The van der Waals surface area contributed by atoms with E-state index in [0.29, 0.717) is 29.1 Å². The van der Waals surface area contributed by atoms with E-state index in [9.17, 15) is 14.4 Å². The fourth-order valence-corrected chi connectivity index (χ4v) is 4.37. The molecule has 1 aliphatic carbocycles. The summed E-state index contributed by atoms with van der Waals surface area (Å²) in [6.07, 6.45) is 6.02. The summed E-state index contributed by atoms with van der Waals surface area (Å²) in [5.41, 5.74) is 1.12. The monoisotopic (exact) mass is 372 g/mol. The van der Waals surface area contributed by atoms with E-state index < -0.39 is 0 Å². The Morgan fingerprint density at radius 1 is 0.962 bits per heavy atom. The van der Waals surface area contributed by atoms with Crippen molar-refractivity contribution in [2.45, 2.75) is 32.1 Å². The molecule has 26 heavy (non-hydrogen) atoms. The molecule has 3 aliphatic rings. The Morgan fingerprint density at radius 3 is 2.31 bits per heavy atom. The highest BCUT2D eigenvalue weighted by Crippen LogP contribution is 2.40. The summed E-state index contributed by atoms with van der Waals surface area (Å²) in [7, 11) is 0. The number of carbonyl (C=O) groups excluding carboxylic acids is 3. The van der Waals surface area contributed by atoms with E-state index in [4.69, 9.17) is 11.6 Å². The van der Waals surface area contributed by atoms with Crippen molar-refractivity contribution in [2.75, 3.05) is 18.0 Å². The van der Waals surface area contributed by atoms with Gasteiger partial charge in [-0.15, -0.1) is 0 Å². The van der Waals surface area contributed by atoms with Crippen LogP contribution in [-0.4, -0.2) is 35.7 Å². The highest BCUT2D eigenvalue weighted by molar-refractivity contribution is 6.30. The van der Waals surface area contributed by atoms with Crippen LogP contribution in [0.5, 0.6) is 0 Å². The molecule has 2 saturated heterocycles. The molecule has 4 rings (SSSR count). The largest absolute Gasteiger partial charge is 0.339 e. The smallest absolute Gasteiger partial charge is 0.253 e. The molecule has 1 aromatic carbocycles. The van der Waals surface area contributed by atoms with Crippen LogP contribution in [0.15, 0.2) is 35.4 Å². The van der Waals surface area contributed by atoms with Crippen molar-refractivity contribution in [3.63, 3.8) is 0 Å². The van der Waals surface area contributed by atoms with Gasteiger partial charge in [0.05, 0.1) is 17.5 Å². The van der Waals surface area contributed by atoms with Gasteiger partial charge in [0.1, 0.15) is 0 Å². The number of halogens is 1. The van der Waals surface area contributed by atoms with Crippen molar-refractivity contribution in [3.8, 4) is 0 Å². The topological polar surface area (TPSA) is 57.7 Å². The lowest BCUT2D eigenvalue weighted by Crippen LogP contribution is -2.35. The van der Waals surface area contributed by atoms with E-state index in [-0.39, 0.29) is 29.6 Å². The van der Waals surface area contributed by atoms with Crippen LogP contribution < -0.4 is 4.90 Å². The van der Waals surface area contributed by atoms with E-state index in [1.54, 1.807) is 24.3 Å². The van der Waals surface area contributed by atoms with Crippen LogP contribution in [0.1, 0.15) is 42.5 Å². The number of fused-ring (bicyclic) bond motifs is 1. The van der Waals surface area contributed by atoms with Crippen molar-refractivity contribution in [2.24, 2.45) is 11.8 Å². The molecule has 0 saturated carbocycles. The maximum atomic E-state index is 12.7. The molecular formula is C20H21ClN2O3. The lowest BCUT2D eigenvalue weighted by molar-refractivity contribution is -0.122. The number of carbonyl (C=O) groups is 3. The van der Waals surface area contributed by atoms with Crippen LogP contribution >= 0.6 is 11.6 Å². The van der Waals surface area contributed by atoms with E-state index in [1.807, 2.05) is 11.0 Å². The van der Waals surface area contributed by atoms with E-state index in [1.165, 1.54) is 11.3 Å². The predicted octanol–water partition coefficient (Wildman–Crippen LogP) is 3.33. The van der Waals surface area contributed by atoms with Crippen LogP contribution in [0.4, 0.5) is 5.69 Å². The summed E-state index contributed by atoms with van der Waals surface area (Å²) >= 11 is 6.06. The highest BCUT2D eigenvalue weighted by atomic mass is 35.5. The van der Waals surface area contributed by atoms with Crippen molar-refractivity contribution in [1.29, 1.82) is 0 Å². The van der Waals surface area contributed by atoms with Crippen molar-refractivity contribution in [3.05, 3.63) is 40.9 Å². The van der Waals surface area contributed by atoms with Gasteiger partial charge in [0, 0.05) is 23.7 Å². The first-order valence-electron chi connectivity index (χ1n) is 9.18. The first-order chi connectivity index (χ1) is 12.6. The Hall–Kier alpha value is -2.14. The Morgan fingerprint density at radius 2 is 1.62 bits per heavy atom. The Bertz CT molecular complexity index is 781. The molecule has 6 heteroatoms. The quantitative estimate of drug-likeness (QED) is 0.748. The standard InChI is InChI=1S/C20H21ClN2O3/c21-14-6-9-16-17(12-14)20(26)23(19(16)25)15-7-4-13(5-8-15)18(24)22-10-2-1-3-11-22/h4-8,16-17H,1-3,9-12H2/t16-,17+/m0/s1. The number of hydrogen-bond donors (Lipinski definition) is 0. The lowest BCUT2D eigenvalue weighted by atomic mass is 9.85. The van der Waals surface area contributed by atoms with Gasteiger partial charge in [0.25, 0.3) is 5.91 Å². The Labute approximate surface area is 157 Å². The average molecular weight is 373 g/mol. The summed E-state index contributed by atoms with van der Waals surface area (Å²) in [5.74, 6) is -1.04. The molecule has 2 heterocycles. The summed E-state index contributed by atoms with van der Waals surface area (Å²) in [6, 6.07) is 6.80. The molecule has 0 radical (unpaired) electrons. The second-order valence-electron chi connectivity index (χ2n) is 7.22. The van der Waals surface area contributed by atoms with E-state index >= 15 is 0 Å². The van der Waals surface area contributed by atoms with Crippen LogP contribution in [0, 0.1) is 11.8 Å². The minimum atomic E-state index is -0.366. The Kier molecular flexibility index (Phi) is 4.57.